The number of carboxylic acid groups (broad SMARTS) is 1. The van der Waals surface area contributed by atoms with E-state index in [0.29, 0.717) is 0 Å². The van der Waals surface area contributed by atoms with Gasteiger partial charge >= 0.3 is 5.97 Å². The number of aliphatic carboxylic acids is 1. The third-order valence-electron chi connectivity index (χ3n) is 2.58. The molecule has 1 aliphatic rings. The second kappa shape index (κ2) is 4.09. The number of aliphatic hydroxyl groups is 1. The predicted molar refractivity (Wildman–Crippen MR) is 54.5 cm³/mol. The van der Waals surface area contributed by atoms with Gasteiger partial charge in [-0.2, -0.15) is 4.31 Å². The van der Waals surface area contributed by atoms with Gasteiger partial charge < -0.3 is 15.2 Å². The van der Waals surface area contributed by atoms with Crippen molar-refractivity contribution in [3.05, 3.63) is 12.5 Å². The monoisotopic (exact) mass is 261 g/mol. The minimum Gasteiger partial charge on any atom is -0.480 e. The van der Waals surface area contributed by atoms with Crippen molar-refractivity contribution in [3.8, 4) is 0 Å². The maximum Gasteiger partial charge on any atom is 0.322 e. The summed E-state index contributed by atoms with van der Waals surface area (Å²) >= 11 is 0. The van der Waals surface area contributed by atoms with Gasteiger partial charge in [0, 0.05) is 13.0 Å². The van der Waals surface area contributed by atoms with Gasteiger partial charge in [0.1, 0.15) is 6.04 Å². The zero-order chi connectivity index (χ0) is 12.6. The summed E-state index contributed by atoms with van der Waals surface area (Å²) < 4.78 is 24.8. The van der Waals surface area contributed by atoms with Crippen molar-refractivity contribution in [1.29, 1.82) is 0 Å². The molecule has 0 spiro atoms. The van der Waals surface area contributed by atoms with Gasteiger partial charge in [-0.1, -0.05) is 0 Å². The number of nitrogens with one attached hydrogen (secondary N) is 1. The van der Waals surface area contributed by atoms with Crippen LogP contribution in [0.4, 0.5) is 0 Å². The lowest BCUT2D eigenvalue weighted by molar-refractivity contribution is -0.140. The average molecular weight is 261 g/mol. The Morgan fingerprint density at radius 2 is 2.29 bits per heavy atom. The molecule has 1 aliphatic heterocycles. The molecular formula is C8H11N3O5S. The number of imidazole rings is 1. The zero-order valence-electron chi connectivity index (χ0n) is 8.65. The molecule has 1 aromatic heterocycles. The van der Waals surface area contributed by atoms with Crippen molar-refractivity contribution < 1.29 is 23.4 Å². The van der Waals surface area contributed by atoms with Gasteiger partial charge in [0.25, 0.3) is 10.0 Å². The Morgan fingerprint density at radius 1 is 1.59 bits per heavy atom. The third kappa shape index (κ3) is 2.04. The van der Waals surface area contributed by atoms with Crippen molar-refractivity contribution in [2.75, 3.05) is 6.54 Å². The standard InChI is InChI=1S/C8H11N3O5S/c12-5-1-6(8(13)14)11(3-5)17(15,16)7-2-9-4-10-7/h2,4-6,12H,1,3H2,(H,9,10)(H,13,14)/t5?,6-/m0/s1. The molecule has 8 nitrogen and oxygen atoms in total. The van der Waals surface area contributed by atoms with Crippen LogP contribution in [0.2, 0.25) is 0 Å². The quantitative estimate of drug-likeness (QED) is 0.616. The number of aromatic nitrogens is 2. The van der Waals surface area contributed by atoms with Gasteiger partial charge in [-0.25, -0.2) is 13.4 Å². The molecule has 0 amide bonds. The SMILES string of the molecule is O=C(O)[C@@H]1CC(O)CN1S(=O)(=O)c1cnc[nH]1. The molecule has 2 atom stereocenters. The summed E-state index contributed by atoms with van der Waals surface area (Å²) in [5, 5.41) is 18.1. The molecule has 0 aromatic carbocycles. The normalized spacial score (nSPS) is 26.2. The molecule has 94 valence electrons. The zero-order valence-corrected chi connectivity index (χ0v) is 9.46. The van der Waals surface area contributed by atoms with Gasteiger partial charge in [-0.3, -0.25) is 4.79 Å². The van der Waals surface area contributed by atoms with Crippen LogP contribution in [0.25, 0.3) is 0 Å². The van der Waals surface area contributed by atoms with E-state index in [9.17, 15) is 18.3 Å². The van der Waals surface area contributed by atoms with Crippen molar-refractivity contribution in [2.45, 2.75) is 23.6 Å². The van der Waals surface area contributed by atoms with Crippen molar-refractivity contribution in [1.82, 2.24) is 14.3 Å². The Labute approximate surface area is 96.9 Å². The lowest BCUT2D eigenvalue weighted by Crippen LogP contribution is -2.40. The van der Waals surface area contributed by atoms with Crippen LogP contribution in [-0.4, -0.2) is 57.6 Å². The number of H-pyrrole nitrogens is 1. The van der Waals surface area contributed by atoms with E-state index < -0.39 is 28.1 Å². The van der Waals surface area contributed by atoms with E-state index in [1.54, 1.807) is 0 Å². The van der Waals surface area contributed by atoms with E-state index in [-0.39, 0.29) is 18.0 Å². The van der Waals surface area contributed by atoms with Crippen molar-refractivity contribution >= 4 is 16.0 Å². The van der Waals surface area contributed by atoms with Crippen LogP contribution >= 0.6 is 0 Å². The Bertz CT molecular complexity index is 511. The highest BCUT2D eigenvalue weighted by molar-refractivity contribution is 7.89. The molecule has 9 heteroatoms. The van der Waals surface area contributed by atoms with Gasteiger partial charge in [0.15, 0.2) is 5.03 Å². The molecule has 3 N–H and O–H groups in total. The smallest absolute Gasteiger partial charge is 0.322 e. The Balaban J connectivity index is 2.36. The van der Waals surface area contributed by atoms with Gasteiger partial charge in [0.2, 0.25) is 0 Å². The topological polar surface area (TPSA) is 124 Å². The first-order valence-corrected chi connectivity index (χ1v) is 6.28. The number of carbonyl (C=O) groups is 1. The molecular weight excluding hydrogens is 250 g/mol. The van der Waals surface area contributed by atoms with Crippen LogP contribution in [0.15, 0.2) is 17.6 Å². The minimum absolute atomic E-state index is 0.108. The molecule has 1 fully saturated rings. The molecule has 2 heterocycles. The second-order valence-electron chi connectivity index (χ2n) is 3.73. The highest BCUT2D eigenvalue weighted by atomic mass is 32.2. The molecule has 1 saturated heterocycles. The van der Waals surface area contributed by atoms with Crippen molar-refractivity contribution in [2.24, 2.45) is 0 Å². The number of rotatable bonds is 3. The van der Waals surface area contributed by atoms with E-state index >= 15 is 0 Å². The largest absolute Gasteiger partial charge is 0.480 e. The number of hydrogen-bond acceptors (Lipinski definition) is 5. The molecule has 0 saturated carbocycles. The van der Waals surface area contributed by atoms with Gasteiger partial charge in [-0.05, 0) is 0 Å². The molecule has 17 heavy (non-hydrogen) atoms. The molecule has 0 bridgehead atoms. The third-order valence-corrected chi connectivity index (χ3v) is 4.38. The van der Waals surface area contributed by atoms with Crippen LogP contribution in [0.5, 0.6) is 0 Å². The number of nitrogens with zero attached hydrogens (tertiary/aromatic N) is 2. The Kier molecular flexibility index (Phi) is 2.89. The maximum atomic E-state index is 12.0. The molecule has 0 aliphatic carbocycles. The highest BCUT2D eigenvalue weighted by Gasteiger charge is 2.44. The molecule has 0 radical (unpaired) electrons. The molecule has 1 aromatic rings. The lowest BCUT2D eigenvalue weighted by atomic mass is 10.2. The first kappa shape index (κ1) is 12.0. The summed E-state index contributed by atoms with van der Waals surface area (Å²) in [5.74, 6) is -1.27. The Morgan fingerprint density at radius 3 is 2.82 bits per heavy atom. The van der Waals surface area contributed by atoms with Crippen LogP contribution in [0.3, 0.4) is 0 Å². The average Bonchev–Trinajstić information content (AvgIpc) is 2.84. The van der Waals surface area contributed by atoms with Crippen molar-refractivity contribution in [3.63, 3.8) is 0 Å². The lowest BCUT2D eigenvalue weighted by Gasteiger charge is -2.19. The Hall–Kier alpha value is -1.45. The fraction of sp³-hybridized carbons (Fsp3) is 0.500. The summed E-state index contributed by atoms with van der Waals surface area (Å²) in [6.07, 6.45) is 1.21. The fourth-order valence-electron chi connectivity index (χ4n) is 1.78. The number of aliphatic hydroxyl groups excluding tert-OH is 1. The minimum atomic E-state index is -3.95. The number of sulfonamides is 1. The maximum absolute atomic E-state index is 12.0. The van der Waals surface area contributed by atoms with Crippen LogP contribution < -0.4 is 0 Å². The van der Waals surface area contributed by atoms with E-state index in [0.717, 1.165) is 10.5 Å². The van der Waals surface area contributed by atoms with Gasteiger partial charge in [-0.15, -0.1) is 0 Å². The number of β-amino-alcohol motifs (C(OH)–C–C–N with tert-alkyl or cyclic N) is 1. The van der Waals surface area contributed by atoms with E-state index in [1.165, 1.54) is 6.33 Å². The number of aromatic amines is 1. The molecule has 2 rings (SSSR count). The summed E-state index contributed by atoms with van der Waals surface area (Å²) in [7, 11) is -3.95. The molecule has 1 unspecified atom stereocenters. The second-order valence-corrected chi connectivity index (χ2v) is 5.59. The predicted octanol–water partition coefficient (Wildman–Crippen LogP) is -1.38. The van der Waals surface area contributed by atoms with E-state index in [1.807, 2.05) is 0 Å². The van der Waals surface area contributed by atoms with E-state index in [4.69, 9.17) is 5.11 Å². The van der Waals surface area contributed by atoms with Gasteiger partial charge in [0.05, 0.1) is 18.6 Å². The number of hydrogen-bond donors (Lipinski definition) is 3. The van der Waals surface area contributed by atoms with Crippen LogP contribution in [0.1, 0.15) is 6.42 Å². The number of carboxylic acids is 1. The summed E-state index contributed by atoms with van der Waals surface area (Å²) in [4.78, 5) is 16.9. The summed E-state index contributed by atoms with van der Waals surface area (Å²) in [6, 6.07) is -1.24. The van der Waals surface area contributed by atoms with Crippen LogP contribution in [-0.2, 0) is 14.8 Å². The first-order chi connectivity index (χ1) is 7.93. The highest BCUT2D eigenvalue weighted by Crippen LogP contribution is 2.25. The summed E-state index contributed by atoms with van der Waals surface area (Å²) in [5.41, 5.74) is 0. The van der Waals surface area contributed by atoms with Crippen LogP contribution in [0, 0.1) is 0 Å². The first-order valence-electron chi connectivity index (χ1n) is 4.84. The van der Waals surface area contributed by atoms with E-state index in [2.05, 4.69) is 9.97 Å². The fourth-order valence-corrected chi connectivity index (χ4v) is 3.31. The summed E-state index contributed by atoms with van der Waals surface area (Å²) in [6.45, 7) is -0.224.